The highest BCUT2D eigenvalue weighted by Gasteiger charge is 2.20. The number of amides is 1. The number of hydrogen-bond donors (Lipinski definition) is 3. The topological polar surface area (TPSA) is 74.8 Å². The molecule has 0 saturated heterocycles. The number of hydrogen-bond acceptors (Lipinski definition) is 3. The molecule has 1 aromatic carbocycles. The minimum atomic E-state index is -0.111. The van der Waals surface area contributed by atoms with Crippen LogP contribution in [0.2, 0.25) is 0 Å². The third-order valence-electron chi connectivity index (χ3n) is 3.66. The molecule has 6 heteroatoms. The second-order valence-electron chi connectivity index (χ2n) is 5.91. The zero-order valence-corrected chi connectivity index (χ0v) is 14.6. The standard InChI is InChI=1S/C18H28N4O2/c1-3-19-17(23)13-24-16-7-5-6-15(10-16)12-22-18(20-4-2)21-11-14-8-9-14/h5-7,10,14H,3-4,8-9,11-13H2,1-2H3,(H,19,23)(H2,20,21,22). The van der Waals surface area contributed by atoms with Crippen molar-refractivity contribution in [3.8, 4) is 5.75 Å². The molecule has 1 amide bonds. The van der Waals surface area contributed by atoms with Gasteiger partial charge in [0.05, 0.1) is 6.54 Å². The molecular weight excluding hydrogens is 304 g/mol. The molecule has 132 valence electrons. The molecule has 0 aliphatic heterocycles. The van der Waals surface area contributed by atoms with Crippen LogP contribution in [-0.4, -0.2) is 38.1 Å². The first-order valence-corrected chi connectivity index (χ1v) is 8.71. The van der Waals surface area contributed by atoms with Gasteiger partial charge in [-0.3, -0.25) is 4.79 Å². The van der Waals surface area contributed by atoms with E-state index in [0.717, 1.165) is 30.5 Å². The fourth-order valence-electron chi connectivity index (χ4n) is 2.21. The first-order valence-electron chi connectivity index (χ1n) is 8.71. The molecule has 0 aromatic heterocycles. The number of aliphatic imine (C=N–C) groups is 1. The van der Waals surface area contributed by atoms with E-state index in [4.69, 9.17) is 4.74 Å². The number of ether oxygens (including phenoxy) is 1. The van der Waals surface area contributed by atoms with E-state index in [1.54, 1.807) is 0 Å². The Kier molecular flexibility index (Phi) is 7.39. The molecule has 24 heavy (non-hydrogen) atoms. The number of rotatable bonds is 9. The van der Waals surface area contributed by atoms with Gasteiger partial charge in [-0.25, -0.2) is 4.99 Å². The van der Waals surface area contributed by atoms with E-state index >= 15 is 0 Å². The minimum Gasteiger partial charge on any atom is -0.484 e. The van der Waals surface area contributed by atoms with Crippen molar-refractivity contribution in [2.75, 3.05) is 26.2 Å². The van der Waals surface area contributed by atoms with E-state index in [-0.39, 0.29) is 12.5 Å². The molecule has 2 rings (SSSR count). The quantitative estimate of drug-likeness (QED) is 0.475. The largest absolute Gasteiger partial charge is 0.484 e. The molecule has 6 nitrogen and oxygen atoms in total. The number of likely N-dealkylation sites (N-methyl/N-ethyl adjacent to an activating group) is 1. The molecule has 0 radical (unpaired) electrons. The molecular formula is C18H28N4O2. The van der Waals surface area contributed by atoms with Crippen LogP contribution in [0.25, 0.3) is 0 Å². The lowest BCUT2D eigenvalue weighted by atomic mass is 10.2. The third-order valence-corrected chi connectivity index (χ3v) is 3.66. The average Bonchev–Trinajstić information content (AvgIpc) is 3.41. The van der Waals surface area contributed by atoms with Crippen molar-refractivity contribution >= 4 is 11.9 Å². The lowest BCUT2D eigenvalue weighted by molar-refractivity contribution is -0.122. The van der Waals surface area contributed by atoms with Crippen LogP contribution < -0.4 is 20.7 Å². The summed E-state index contributed by atoms with van der Waals surface area (Å²) in [5, 5.41) is 9.35. The smallest absolute Gasteiger partial charge is 0.257 e. The van der Waals surface area contributed by atoms with Gasteiger partial charge in [-0.1, -0.05) is 12.1 Å². The Balaban J connectivity index is 1.86. The van der Waals surface area contributed by atoms with Gasteiger partial charge in [0.25, 0.3) is 5.91 Å². The van der Waals surface area contributed by atoms with Crippen molar-refractivity contribution in [2.45, 2.75) is 33.2 Å². The normalized spacial score (nSPS) is 14.2. The van der Waals surface area contributed by atoms with Crippen LogP contribution >= 0.6 is 0 Å². The number of guanidine groups is 1. The van der Waals surface area contributed by atoms with E-state index < -0.39 is 0 Å². The molecule has 3 N–H and O–H groups in total. The molecule has 0 atom stereocenters. The van der Waals surface area contributed by atoms with Gasteiger partial charge in [0.1, 0.15) is 5.75 Å². The molecule has 0 heterocycles. The third kappa shape index (κ3) is 6.89. The summed E-state index contributed by atoms with van der Waals surface area (Å²) >= 11 is 0. The summed E-state index contributed by atoms with van der Waals surface area (Å²) in [6.07, 6.45) is 2.63. The summed E-state index contributed by atoms with van der Waals surface area (Å²) in [5.74, 6) is 2.22. The Morgan fingerprint density at radius 2 is 2.00 bits per heavy atom. The Morgan fingerprint density at radius 1 is 1.21 bits per heavy atom. The molecule has 1 aliphatic carbocycles. The van der Waals surface area contributed by atoms with E-state index in [0.29, 0.717) is 18.8 Å². The maximum atomic E-state index is 11.4. The second kappa shape index (κ2) is 9.80. The van der Waals surface area contributed by atoms with Crippen LogP contribution in [0, 0.1) is 5.92 Å². The second-order valence-corrected chi connectivity index (χ2v) is 5.91. The first kappa shape index (κ1) is 18.1. The summed E-state index contributed by atoms with van der Waals surface area (Å²) in [5.41, 5.74) is 1.05. The van der Waals surface area contributed by atoms with Crippen LogP contribution in [0.5, 0.6) is 5.75 Å². The van der Waals surface area contributed by atoms with Gasteiger partial charge >= 0.3 is 0 Å². The van der Waals surface area contributed by atoms with E-state index in [9.17, 15) is 4.79 Å². The molecule has 0 spiro atoms. The summed E-state index contributed by atoms with van der Waals surface area (Å²) in [4.78, 5) is 16.1. The number of carbonyl (C=O) groups excluding carboxylic acids is 1. The minimum absolute atomic E-state index is 0.0339. The van der Waals surface area contributed by atoms with E-state index in [1.807, 2.05) is 31.2 Å². The molecule has 1 saturated carbocycles. The van der Waals surface area contributed by atoms with Crippen molar-refractivity contribution in [3.63, 3.8) is 0 Å². The number of nitrogens with zero attached hydrogens (tertiary/aromatic N) is 1. The number of benzene rings is 1. The van der Waals surface area contributed by atoms with Crippen molar-refractivity contribution in [1.29, 1.82) is 0 Å². The molecule has 0 unspecified atom stereocenters. The van der Waals surface area contributed by atoms with Crippen LogP contribution in [0.15, 0.2) is 29.3 Å². The summed E-state index contributed by atoms with van der Waals surface area (Å²) < 4.78 is 5.51. The van der Waals surface area contributed by atoms with Crippen molar-refractivity contribution in [2.24, 2.45) is 10.9 Å². The summed E-state index contributed by atoms with van der Waals surface area (Å²) in [6.45, 7) is 6.98. The number of nitrogens with one attached hydrogen (secondary N) is 3. The van der Waals surface area contributed by atoms with Crippen LogP contribution in [0.4, 0.5) is 0 Å². The van der Waals surface area contributed by atoms with Crippen molar-refractivity contribution < 1.29 is 9.53 Å². The van der Waals surface area contributed by atoms with Gasteiger partial charge < -0.3 is 20.7 Å². The fraction of sp³-hybridized carbons (Fsp3) is 0.556. The highest BCUT2D eigenvalue weighted by molar-refractivity contribution is 5.79. The molecule has 1 fully saturated rings. The first-order chi connectivity index (χ1) is 11.7. The highest BCUT2D eigenvalue weighted by Crippen LogP contribution is 2.27. The van der Waals surface area contributed by atoms with E-state index in [1.165, 1.54) is 12.8 Å². The molecule has 0 bridgehead atoms. The van der Waals surface area contributed by atoms with Crippen LogP contribution in [-0.2, 0) is 11.3 Å². The Hall–Kier alpha value is -2.24. The van der Waals surface area contributed by atoms with Gasteiger partial charge in [-0.15, -0.1) is 0 Å². The van der Waals surface area contributed by atoms with Crippen molar-refractivity contribution in [3.05, 3.63) is 29.8 Å². The number of carbonyl (C=O) groups is 1. The predicted octanol–water partition coefficient (Wildman–Crippen LogP) is 1.67. The Labute approximate surface area is 144 Å². The maximum absolute atomic E-state index is 11.4. The Morgan fingerprint density at radius 3 is 2.71 bits per heavy atom. The lowest BCUT2D eigenvalue weighted by Crippen LogP contribution is -2.38. The average molecular weight is 332 g/mol. The summed E-state index contributed by atoms with van der Waals surface area (Å²) in [6, 6.07) is 7.70. The van der Waals surface area contributed by atoms with Gasteiger partial charge in [0.2, 0.25) is 0 Å². The van der Waals surface area contributed by atoms with Gasteiger partial charge in [0.15, 0.2) is 12.6 Å². The zero-order chi connectivity index (χ0) is 17.2. The van der Waals surface area contributed by atoms with Gasteiger partial charge in [-0.2, -0.15) is 0 Å². The predicted molar refractivity (Wildman–Crippen MR) is 96.2 cm³/mol. The SMILES string of the molecule is CCNC(=O)COc1cccc(CN=C(NCC)NCC2CC2)c1. The lowest BCUT2D eigenvalue weighted by Gasteiger charge is -2.11. The fourth-order valence-corrected chi connectivity index (χ4v) is 2.21. The Bertz CT molecular complexity index is 556. The monoisotopic (exact) mass is 332 g/mol. The van der Waals surface area contributed by atoms with Crippen molar-refractivity contribution in [1.82, 2.24) is 16.0 Å². The van der Waals surface area contributed by atoms with Crippen LogP contribution in [0.3, 0.4) is 0 Å². The highest BCUT2D eigenvalue weighted by atomic mass is 16.5. The van der Waals surface area contributed by atoms with Gasteiger partial charge in [0, 0.05) is 19.6 Å². The molecule has 1 aromatic rings. The van der Waals surface area contributed by atoms with Crippen LogP contribution in [0.1, 0.15) is 32.3 Å². The van der Waals surface area contributed by atoms with E-state index in [2.05, 4.69) is 27.9 Å². The zero-order valence-electron chi connectivity index (χ0n) is 14.6. The maximum Gasteiger partial charge on any atom is 0.257 e. The van der Waals surface area contributed by atoms with Gasteiger partial charge in [-0.05, 0) is 50.3 Å². The molecule has 1 aliphatic rings. The summed E-state index contributed by atoms with van der Waals surface area (Å²) in [7, 11) is 0.